The van der Waals surface area contributed by atoms with Gasteiger partial charge in [0.05, 0.1) is 6.54 Å². The summed E-state index contributed by atoms with van der Waals surface area (Å²) in [5.41, 5.74) is 6.67. The molecule has 0 unspecified atom stereocenters. The van der Waals surface area contributed by atoms with Crippen LogP contribution in [0.25, 0.3) is 0 Å². The van der Waals surface area contributed by atoms with Gasteiger partial charge >= 0.3 is 0 Å². The second-order valence-electron chi connectivity index (χ2n) is 6.33. The smallest absolute Gasteiger partial charge is 0.236 e. The second-order valence-corrected chi connectivity index (χ2v) is 6.33. The van der Waals surface area contributed by atoms with E-state index in [1.165, 1.54) is 12.8 Å². The summed E-state index contributed by atoms with van der Waals surface area (Å²) >= 11 is 0. The molecule has 1 heterocycles. The van der Waals surface area contributed by atoms with Crippen molar-refractivity contribution >= 4 is 18.3 Å². The molecule has 1 fully saturated rings. The van der Waals surface area contributed by atoms with Crippen molar-refractivity contribution in [3.05, 3.63) is 23.8 Å². The molecule has 128 valence electrons. The van der Waals surface area contributed by atoms with Crippen molar-refractivity contribution in [1.82, 2.24) is 4.90 Å². The fourth-order valence-corrected chi connectivity index (χ4v) is 3.33. The van der Waals surface area contributed by atoms with E-state index in [-0.39, 0.29) is 31.7 Å². The molecule has 1 saturated carbocycles. The van der Waals surface area contributed by atoms with Gasteiger partial charge in [0.1, 0.15) is 0 Å². The van der Waals surface area contributed by atoms with Gasteiger partial charge in [0.25, 0.3) is 0 Å². The summed E-state index contributed by atoms with van der Waals surface area (Å²) in [7, 11) is 0. The normalized spacial score (nSPS) is 22.3. The Morgan fingerprint density at radius 1 is 1.22 bits per heavy atom. The van der Waals surface area contributed by atoms with Gasteiger partial charge in [0.15, 0.2) is 11.5 Å². The molecule has 5 nitrogen and oxygen atoms in total. The molecule has 0 saturated heterocycles. The Morgan fingerprint density at radius 3 is 2.61 bits per heavy atom. The molecule has 0 aromatic heterocycles. The number of halogens is 1. The van der Waals surface area contributed by atoms with Crippen LogP contribution < -0.4 is 15.2 Å². The molecule has 0 bridgehead atoms. The van der Waals surface area contributed by atoms with Crippen LogP contribution in [-0.2, 0) is 11.3 Å². The number of ether oxygens (including phenoxy) is 2. The summed E-state index contributed by atoms with van der Waals surface area (Å²) in [5.74, 6) is 2.32. The minimum absolute atomic E-state index is 0. The number of nitrogens with two attached hydrogens (primary N) is 1. The first kappa shape index (κ1) is 17.9. The maximum Gasteiger partial charge on any atom is 0.236 e. The van der Waals surface area contributed by atoms with E-state index < -0.39 is 0 Å². The molecule has 1 aromatic rings. The molecule has 0 spiro atoms. The lowest BCUT2D eigenvalue weighted by Crippen LogP contribution is -2.44. The van der Waals surface area contributed by atoms with Crippen LogP contribution in [0.5, 0.6) is 11.5 Å². The molecule has 1 aliphatic carbocycles. The Morgan fingerprint density at radius 2 is 1.91 bits per heavy atom. The van der Waals surface area contributed by atoms with Crippen LogP contribution in [0.3, 0.4) is 0 Å². The molecular formula is C17H25ClN2O3. The van der Waals surface area contributed by atoms with Crippen LogP contribution in [-0.4, -0.2) is 30.2 Å². The van der Waals surface area contributed by atoms with Gasteiger partial charge in [-0.3, -0.25) is 4.79 Å². The van der Waals surface area contributed by atoms with E-state index >= 15 is 0 Å². The number of amides is 1. The summed E-state index contributed by atoms with van der Waals surface area (Å²) in [4.78, 5) is 14.2. The molecule has 1 aliphatic heterocycles. The van der Waals surface area contributed by atoms with Gasteiger partial charge in [-0.25, -0.2) is 0 Å². The number of carbonyl (C=O) groups excluding carboxylic acids is 1. The summed E-state index contributed by atoms with van der Waals surface area (Å²) in [6, 6.07) is 6.17. The van der Waals surface area contributed by atoms with Gasteiger partial charge in [-0.2, -0.15) is 0 Å². The maximum atomic E-state index is 12.3. The Kier molecular flexibility index (Phi) is 6.13. The van der Waals surface area contributed by atoms with Crippen LogP contribution in [0.2, 0.25) is 0 Å². The third-order valence-electron chi connectivity index (χ3n) is 4.71. The summed E-state index contributed by atoms with van der Waals surface area (Å²) in [5, 5.41) is 0. The number of benzene rings is 1. The summed E-state index contributed by atoms with van der Waals surface area (Å²) < 4.78 is 10.7. The van der Waals surface area contributed by atoms with Gasteiger partial charge in [0.2, 0.25) is 12.7 Å². The number of nitrogens with zero attached hydrogens (tertiary/aromatic N) is 1. The molecule has 0 atom stereocenters. The summed E-state index contributed by atoms with van der Waals surface area (Å²) in [6.07, 6.45) is 4.50. The zero-order chi connectivity index (χ0) is 15.5. The lowest BCUT2D eigenvalue weighted by atomic mass is 9.86. The van der Waals surface area contributed by atoms with Crippen molar-refractivity contribution in [2.24, 2.45) is 11.7 Å². The van der Waals surface area contributed by atoms with Crippen LogP contribution in [0, 0.1) is 5.92 Å². The number of fused-ring (bicyclic) bond motifs is 1. The summed E-state index contributed by atoms with van der Waals surface area (Å²) in [6.45, 7) is 3.20. The van der Waals surface area contributed by atoms with Crippen LogP contribution in [0.15, 0.2) is 18.2 Å². The number of hydrogen-bond donors (Lipinski definition) is 1. The lowest BCUT2D eigenvalue weighted by Gasteiger charge is -2.36. The SMILES string of the molecule is CC1CCC(N(Cc2ccc3c(c2)OCO3)C(=O)CN)CC1.Cl. The fourth-order valence-electron chi connectivity index (χ4n) is 3.33. The van der Waals surface area contributed by atoms with E-state index in [1.807, 2.05) is 23.1 Å². The average molecular weight is 341 g/mol. The first-order valence-corrected chi connectivity index (χ1v) is 8.05. The first-order valence-electron chi connectivity index (χ1n) is 8.05. The van der Waals surface area contributed by atoms with Gasteiger partial charge in [-0.15, -0.1) is 12.4 Å². The topological polar surface area (TPSA) is 64.8 Å². The fraction of sp³-hybridized carbons (Fsp3) is 0.588. The Labute approximate surface area is 143 Å². The van der Waals surface area contributed by atoms with Crippen LogP contribution in [0.4, 0.5) is 0 Å². The van der Waals surface area contributed by atoms with E-state index in [1.54, 1.807) is 0 Å². The molecule has 0 radical (unpaired) electrons. The molecular weight excluding hydrogens is 316 g/mol. The van der Waals surface area contributed by atoms with Crippen molar-refractivity contribution < 1.29 is 14.3 Å². The van der Waals surface area contributed by atoms with Crippen LogP contribution in [0.1, 0.15) is 38.2 Å². The Hall–Kier alpha value is -1.46. The minimum Gasteiger partial charge on any atom is -0.454 e. The number of rotatable bonds is 4. The molecule has 23 heavy (non-hydrogen) atoms. The highest BCUT2D eigenvalue weighted by molar-refractivity contribution is 5.85. The molecule has 3 rings (SSSR count). The van der Waals surface area contributed by atoms with Crippen molar-refractivity contribution in [3.8, 4) is 11.5 Å². The number of carbonyl (C=O) groups is 1. The second kappa shape index (κ2) is 7.88. The van der Waals surface area contributed by atoms with E-state index in [9.17, 15) is 4.79 Å². The highest BCUT2D eigenvalue weighted by Crippen LogP contribution is 2.34. The number of hydrogen-bond acceptors (Lipinski definition) is 4. The maximum absolute atomic E-state index is 12.3. The molecule has 6 heteroatoms. The molecule has 2 aliphatic rings. The molecule has 1 aromatic carbocycles. The first-order chi connectivity index (χ1) is 10.7. The van der Waals surface area contributed by atoms with Crippen molar-refractivity contribution in [2.75, 3.05) is 13.3 Å². The van der Waals surface area contributed by atoms with Gasteiger partial charge in [-0.1, -0.05) is 13.0 Å². The molecule has 1 amide bonds. The van der Waals surface area contributed by atoms with E-state index in [0.29, 0.717) is 12.6 Å². The minimum atomic E-state index is 0. The average Bonchev–Trinajstić information content (AvgIpc) is 3.00. The Bertz CT molecular complexity index is 545. The zero-order valence-corrected chi connectivity index (χ0v) is 14.3. The standard InChI is InChI=1S/C17H24N2O3.ClH/c1-12-2-5-14(6-3-12)19(17(20)9-18)10-13-4-7-15-16(8-13)22-11-21-15;/h4,7-8,12,14H,2-3,5-6,9-11,18H2,1H3;1H. The van der Waals surface area contributed by atoms with E-state index in [0.717, 1.165) is 35.8 Å². The molecule has 2 N–H and O–H groups in total. The van der Waals surface area contributed by atoms with Crippen molar-refractivity contribution in [3.63, 3.8) is 0 Å². The van der Waals surface area contributed by atoms with E-state index in [4.69, 9.17) is 15.2 Å². The zero-order valence-electron chi connectivity index (χ0n) is 13.5. The predicted molar refractivity (Wildman–Crippen MR) is 90.8 cm³/mol. The van der Waals surface area contributed by atoms with Crippen molar-refractivity contribution in [1.29, 1.82) is 0 Å². The van der Waals surface area contributed by atoms with Crippen molar-refractivity contribution in [2.45, 2.75) is 45.2 Å². The van der Waals surface area contributed by atoms with Gasteiger partial charge in [0, 0.05) is 12.6 Å². The van der Waals surface area contributed by atoms with Gasteiger partial charge < -0.3 is 20.1 Å². The highest BCUT2D eigenvalue weighted by Gasteiger charge is 2.27. The van der Waals surface area contributed by atoms with Crippen LogP contribution >= 0.6 is 12.4 Å². The monoisotopic (exact) mass is 340 g/mol. The highest BCUT2D eigenvalue weighted by atomic mass is 35.5. The predicted octanol–water partition coefficient (Wildman–Crippen LogP) is 2.70. The third-order valence-corrected chi connectivity index (χ3v) is 4.71. The third kappa shape index (κ3) is 4.09. The quantitative estimate of drug-likeness (QED) is 0.915. The Balaban J connectivity index is 0.00000192. The van der Waals surface area contributed by atoms with Gasteiger partial charge in [-0.05, 0) is 49.3 Å². The largest absolute Gasteiger partial charge is 0.454 e. The van der Waals surface area contributed by atoms with E-state index in [2.05, 4.69) is 6.92 Å². The lowest BCUT2D eigenvalue weighted by molar-refractivity contribution is -0.133.